The van der Waals surface area contributed by atoms with Crippen LogP contribution in [0, 0.1) is 0 Å². The van der Waals surface area contributed by atoms with Crippen molar-refractivity contribution >= 4 is 11.6 Å². The first-order chi connectivity index (χ1) is 8.16. The van der Waals surface area contributed by atoms with Gasteiger partial charge < -0.3 is 10.2 Å². The molecular formula is C15H14O2. The highest BCUT2D eigenvalue weighted by Gasteiger charge is 1.99. The third-order valence-corrected chi connectivity index (χ3v) is 2.63. The van der Waals surface area contributed by atoms with E-state index in [9.17, 15) is 10.2 Å². The van der Waals surface area contributed by atoms with Gasteiger partial charge in [-0.05, 0) is 42.3 Å². The van der Waals surface area contributed by atoms with E-state index in [1.54, 1.807) is 24.3 Å². The fraction of sp³-hybridized carbons (Fsp3) is 0.0667. The number of allylic oxidation sites excluding steroid dienone is 1. The number of benzene rings is 2. The van der Waals surface area contributed by atoms with Crippen molar-refractivity contribution in [2.45, 2.75) is 6.92 Å². The van der Waals surface area contributed by atoms with Crippen molar-refractivity contribution in [1.29, 1.82) is 0 Å². The van der Waals surface area contributed by atoms with E-state index in [1.165, 1.54) is 0 Å². The molecule has 0 fully saturated rings. The largest absolute Gasteiger partial charge is 0.508 e. The molecule has 0 unspecified atom stereocenters. The Morgan fingerprint density at radius 2 is 1.59 bits per heavy atom. The van der Waals surface area contributed by atoms with E-state index < -0.39 is 0 Å². The maximum atomic E-state index is 9.67. The number of rotatable bonds is 2. The summed E-state index contributed by atoms with van der Waals surface area (Å²) in [6.07, 6.45) is 1.92. The molecule has 2 N–H and O–H groups in total. The molecule has 0 aliphatic carbocycles. The predicted octanol–water partition coefficient (Wildman–Crippen LogP) is 3.66. The quantitative estimate of drug-likeness (QED) is 0.767. The lowest BCUT2D eigenvalue weighted by Crippen LogP contribution is -1.80. The standard InChI is InChI=1S/C15H14O2/c1-11(12-6-8-14(16)9-7-12)10-13-4-2-3-5-15(13)17/h2-10,16-17H,1H3. The molecule has 2 heteroatoms. The van der Waals surface area contributed by atoms with Crippen LogP contribution >= 0.6 is 0 Å². The average Bonchev–Trinajstić information content (AvgIpc) is 2.33. The van der Waals surface area contributed by atoms with E-state index in [0.29, 0.717) is 0 Å². The van der Waals surface area contributed by atoms with Gasteiger partial charge in [0, 0.05) is 5.56 Å². The minimum absolute atomic E-state index is 0.254. The van der Waals surface area contributed by atoms with Crippen LogP contribution in [-0.4, -0.2) is 10.2 Å². The van der Waals surface area contributed by atoms with Gasteiger partial charge in [-0.1, -0.05) is 30.3 Å². The van der Waals surface area contributed by atoms with Gasteiger partial charge in [0.05, 0.1) is 0 Å². The summed E-state index contributed by atoms with van der Waals surface area (Å²) >= 11 is 0. The maximum Gasteiger partial charge on any atom is 0.122 e. The smallest absolute Gasteiger partial charge is 0.122 e. The van der Waals surface area contributed by atoms with Crippen LogP contribution in [0.2, 0.25) is 0 Å². The molecule has 0 aromatic heterocycles. The molecule has 0 atom stereocenters. The molecule has 0 saturated heterocycles. The Kier molecular flexibility index (Phi) is 3.15. The molecule has 2 rings (SSSR count). The molecule has 0 bridgehead atoms. The highest BCUT2D eigenvalue weighted by molar-refractivity contribution is 5.81. The molecule has 0 heterocycles. The zero-order chi connectivity index (χ0) is 12.3. The third-order valence-electron chi connectivity index (χ3n) is 2.63. The summed E-state index contributed by atoms with van der Waals surface area (Å²) in [5.74, 6) is 0.523. The van der Waals surface area contributed by atoms with Crippen LogP contribution in [0.15, 0.2) is 48.5 Å². The summed E-state index contributed by atoms with van der Waals surface area (Å²) in [5.41, 5.74) is 2.84. The van der Waals surface area contributed by atoms with Crippen molar-refractivity contribution in [3.63, 3.8) is 0 Å². The van der Waals surface area contributed by atoms with E-state index in [-0.39, 0.29) is 11.5 Å². The molecule has 0 amide bonds. The van der Waals surface area contributed by atoms with E-state index in [4.69, 9.17) is 0 Å². The molecule has 17 heavy (non-hydrogen) atoms. The summed E-state index contributed by atoms with van der Waals surface area (Å²) in [6, 6.07) is 14.2. The Balaban J connectivity index is 2.34. The van der Waals surface area contributed by atoms with Crippen LogP contribution in [-0.2, 0) is 0 Å². The van der Waals surface area contributed by atoms with Crippen molar-refractivity contribution in [3.05, 3.63) is 59.7 Å². The van der Waals surface area contributed by atoms with Crippen LogP contribution in [0.1, 0.15) is 18.1 Å². The molecule has 0 aliphatic rings. The zero-order valence-corrected chi connectivity index (χ0v) is 9.59. The second-order valence-electron chi connectivity index (χ2n) is 3.93. The predicted molar refractivity (Wildman–Crippen MR) is 69.8 cm³/mol. The van der Waals surface area contributed by atoms with Gasteiger partial charge in [0.15, 0.2) is 0 Å². The summed E-state index contributed by atoms with van der Waals surface area (Å²) < 4.78 is 0. The van der Waals surface area contributed by atoms with Gasteiger partial charge >= 0.3 is 0 Å². The summed E-state index contributed by atoms with van der Waals surface area (Å²) in [6.45, 7) is 1.97. The molecule has 86 valence electrons. The topological polar surface area (TPSA) is 40.5 Å². The van der Waals surface area contributed by atoms with Gasteiger partial charge in [0.1, 0.15) is 11.5 Å². The van der Waals surface area contributed by atoms with Gasteiger partial charge in [-0.15, -0.1) is 0 Å². The minimum atomic E-state index is 0.254. The minimum Gasteiger partial charge on any atom is -0.508 e. The fourth-order valence-electron chi connectivity index (χ4n) is 1.65. The lowest BCUT2D eigenvalue weighted by molar-refractivity contribution is 0.474. The SMILES string of the molecule is CC(=Cc1ccccc1O)c1ccc(O)cc1. The van der Waals surface area contributed by atoms with E-state index in [1.807, 2.05) is 37.3 Å². The lowest BCUT2D eigenvalue weighted by atomic mass is 10.0. The van der Waals surface area contributed by atoms with Crippen LogP contribution in [0.5, 0.6) is 11.5 Å². The molecular weight excluding hydrogens is 212 g/mol. The first kappa shape index (κ1) is 11.3. The second kappa shape index (κ2) is 4.74. The van der Waals surface area contributed by atoms with Crippen molar-refractivity contribution in [1.82, 2.24) is 0 Å². The van der Waals surface area contributed by atoms with Gasteiger partial charge in [0.2, 0.25) is 0 Å². The van der Waals surface area contributed by atoms with Crippen molar-refractivity contribution in [2.75, 3.05) is 0 Å². The van der Waals surface area contributed by atoms with Crippen molar-refractivity contribution in [3.8, 4) is 11.5 Å². The molecule has 2 aromatic rings. The fourth-order valence-corrected chi connectivity index (χ4v) is 1.65. The van der Waals surface area contributed by atoms with Crippen molar-refractivity contribution < 1.29 is 10.2 Å². The second-order valence-corrected chi connectivity index (χ2v) is 3.93. The third kappa shape index (κ3) is 2.67. The van der Waals surface area contributed by atoms with Crippen molar-refractivity contribution in [2.24, 2.45) is 0 Å². The van der Waals surface area contributed by atoms with Gasteiger partial charge in [-0.2, -0.15) is 0 Å². The normalized spacial score (nSPS) is 11.5. The number of phenols is 2. The number of phenolic OH excluding ortho intramolecular Hbond substituents is 2. The maximum absolute atomic E-state index is 9.67. The average molecular weight is 226 g/mol. The molecule has 2 aromatic carbocycles. The van der Waals surface area contributed by atoms with Gasteiger partial charge in [0.25, 0.3) is 0 Å². The summed E-state index contributed by atoms with van der Waals surface area (Å²) in [7, 11) is 0. The van der Waals surface area contributed by atoms with Crippen LogP contribution in [0.25, 0.3) is 11.6 Å². The number of para-hydroxylation sites is 1. The van der Waals surface area contributed by atoms with Gasteiger partial charge in [-0.3, -0.25) is 0 Å². The Labute approximate surface area is 100 Å². The van der Waals surface area contributed by atoms with Gasteiger partial charge in [-0.25, -0.2) is 0 Å². The molecule has 2 nitrogen and oxygen atoms in total. The number of aromatic hydroxyl groups is 2. The monoisotopic (exact) mass is 226 g/mol. The number of hydrogen-bond donors (Lipinski definition) is 2. The zero-order valence-electron chi connectivity index (χ0n) is 9.59. The lowest BCUT2D eigenvalue weighted by Gasteiger charge is -2.03. The molecule has 0 aliphatic heterocycles. The molecule has 0 spiro atoms. The summed E-state index contributed by atoms with van der Waals surface area (Å²) in [5, 5.41) is 18.9. The van der Waals surface area contributed by atoms with E-state index in [2.05, 4.69) is 0 Å². The Morgan fingerprint density at radius 3 is 2.24 bits per heavy atom. The first-order valence-corrected chi connectivity index (χ1v) is 5.42. The number of hydrogen-bond acceptors (Lipinski definition) is 2. The summed E-state index contributed by atoms with van der Waals surface area (Å²) in [4.78, 5) is 0. The Hall–Kier alpha value is -2.22. The highest BCUT2D eigenvalue weighted by atomic mass is 16.3. The van der Waals surface area contributed by atoms with E-state index >= 15 is 0 Å². The van der Waals surface area contributed by atoms with Crippen LogP contribution in [0.3, 0.4) is 0 Å². The highest BCUT2D eigenvalue weighted by Crippen LogP contribution is 2.24. The molecule has 0 saturated carbocycles. The van der Waals surface area contributed by atoms with E-state index in [0.717, 1.165) is 16.7 Å². The molecule has 0 radical (unpaired) electrons. The Morgan fingerprint density at radius 1 is 0.941 bits per heavy atom. The Bertz CT molecular complexity index is 539. The van der Waals surface area contributed by atoms with Crippen LogP contribution < -0.4 is 0 Å². The van der Waals surface area contributed by atoms with Crippen LogP contribution in [0.4, 0.5) is 0 Å². The first-order valence-electron chi connectivity index (χ1n) is 5.42.